The van der Waals surface area contributed by atoms with Crippen LogP contribution in [0.1, 0.15) is 39.4 Å². The topological polar surface area (TPSA) is 70.7 Å². The average molecular weight is 368 g/mol. The summed E-state index contributed by atoms with van der Waals surface area (Å²) in [6, 6.07) is 6.60. The van der Waals surface area contributed by atoms with E-state index in [0.29, 0.717) is 24.7 Å². The Kier molecular flexibility index (Phi) is 6.43. The van der Waals surface area contributed by atoms with Crippen LogP contribution in [0.15, 0.2) is 24.3 Å². The highest BCUT2D eigenvalue weighted by atomic mass is 35.5. The first-order valence-corrected chi connectivity index (χ1v) is 8.77. The van der Waals surface area contributed by atoms with Gasteiger partial charge in [0.05, 0.1) is 18.8 Å². The highest BCUT2D eigenvalue weighted by Gasteiger charge is 2.29. The minimum atomic E-state index is -0.480. The molecular weight excluding hydrogens is 342 g/mol. The lowest BCUT2D eigenvalue weighted by molar-refractivity contribution is -0.128. The molecular formula is C18H26ClN3O3. The first kappa shape index (κ1) is 19.7. The van der Waals surface area contributed by atoms with E-state index in [-0.39, 0.29) is 12.0 Å². The van der Waals surface area contributed by atoms with Crippen LogP contribution in [-0.4, -0.2) is 48.1 Å². The fourth-order valence-corrected chi connectivity index (χ4v) is 2.78. The third-order valence-electron chi connectivity index (χ3n) is 3.99. The predicted octanol–water partition coefficient (Wildman–Crippen LogP) is 2.73. The van der Waals surface area contributed by atoms with Gasteiger partial charge in [0.2, 0.25) is 5.91 Å². The van der Waals surface area contributed by atoms with Gasteiger partial charge in [0, 0.05) is 23.7 Å². The molecule has 1 heterocycles. The number of amides is 3. The summed E-state index contributed by atoms with van der Waals surface area (Å²) in [6.45, 7) is 9.12. The minimum absolute atomic E-state index is 0.121. The number of morpholine rings is 1. The summed E-state index contributed by atoms with van der Waals surface area (Å²) in [7, 11) is 0. The van der Waals surface area contributed by atoms with Crippen LogP contribution in [0.3, 0.4) is 0 Å². The summed E-state index contributed by atoms with van der Waals surface area (Å²) < 4.78 is 5.82. The van der Waals surface area contributed by atoms with E-state index in [4.69, 9.17) is 16.3 Å². The molecule has 0 aliphatic carbocycles. The van der Waals surface area contributed by atoms with E-state index in [1.165, 1.54) is 0 Å². The van der Waals surface area contributed by atoms with Crippen LogP contribution in [0.4, 0.5) is 4.79 Å². The van der Waals surface area contributed by atoms with Crippen molar-refractivity contribution in [3.63, 3.8) is 0 Å². The number of nitrogens with zero attached hydrogens (tertiary/aromatic N) is 1. The minimum Gasteiger partial charge on any atom is -0.371 e. The summed E-state index contributed by atoms with van der Waals surface area (Å²) in [5.74, 6) is -0.321. The van der Waals surface area contributed by atoms with Gasteiger partial charge in [0.15, 0.2) is 0 Å². The van der Waals surface area contributed by atoms with Gasteiger partial charge in [-0.05, 0) is 45.4 Å². The summed E-state index contributed by atoms with van der Waals surface area (Å²) >= 11 is 5.92. The molecule has 1 aromatic rings. The zero-order valence-corrected chi connectivity index (χ0v) is 15.9. The number of hydrogen-bond donors (Lipinski definition) is 2. The van der Waals surface area contributed by atoms with Crippen LogP contribution in [0.2, 0.25) is 5.02 Å². The van der Waals surface area contributed by atoms with Gasteiger partial charge in [-0.3, -0.25) is 15.0 Å². The zero-order valence-electron chi connectivity index (χ0n) is 15.1. The SMILES string of the molecule is CC(C(=O)NC(=O)NC(C)(C)C)N1CCOC(c2ccc(Cl)cc2)C1. The molecule has 138 valence electrons. The molecule has 1 fully saturated rings. The molecule has 1 aliphatic rings. The van der Waals surface area contributed by atoms with Crippen LogP contribution in [0, 0.1) is 0 Å². The number of urea groups is 1. The van der Waals surface area contributed by atoms with Crippen LogP contribution in [0.5, 0.6) is 0 Å². The van der Waals surface area contributed by atoms with Crippen molar-refractivity contribution < 1.29 is 14.3 Å². The maximum absolute atomic E-state index is 12.4. The van der Waals surface area contributed by atoms with E-state index in [2.05, 4.69) is 10.6 Å². The molecule has 2 rings (SSSR count). The van der Waals surface area contributed by atoms with E-state index in [9.17, 15) is 9.59 Å². The van der Waals surface area contributed by atoms with Gasteiger partial charge in [0.1, 0.15) is 0 Å². The lowest BCUT2D eigenvalue weighted by Gasteiger charge is -2.36. The highest BCUT2D eigenvalue weighted by molar-refractivity contribution is 6.30. The maximum atomic E-state index is 12.4. The monoisotopic (exact) mass is 367 g/mol. The van der Waals surface area contributed by atoms with Gasteiger partial charge in [-0.1, -0.05) is 23.7 Å². The second-order valence-corrected chi connectivity index (χ2v) is 7.71. The molecule has 1 aromatic carbocycles. The maximum Gasteiger partial charge on any atom is 0.321 e. The fraction of sp³-hybridized carbons (Fsp3) is 0.556. The van der Waals surface area contributed by atoms with E-state index >= 15 is 0 Å². The number of carbonyl (C=O) groups is 2. The molecule has 0 aromatic heterocycles. The first-order valence-electron chi connectivity index (χ1n) is 8.40. The Morgan fingerprint density at radius 1 is 1.28 bits per heavy atom. The third-order valence-corrected chi connectivity index (χ3v) is 4.24. The van der Waals surface area contributed by atoms with Gasteiger partial charge >= 0.3 is 6.03 Å². The number of rotatable bonds is 3. The molecule has 25 heavy (non-hydrogen) atoms. The third kappa shape index (κ3) is 5.99. The average Bonchev–Trinajstić information content (AvgIpc) is 2.53. The Morgan fingerprint density at radius 2 is 1.92 bits per heavy atom. The largest absolute Gasteiger partial charge is 0.371 e. The van der Waals surface area contributed by atoms with Crippen molar-refractivity contribution >= 4 is 23.5 Å². The zero-order chi connectivity index (χ0) is 18.6. The van der Waals surface area contributed by atoms with Gasteiger partial charge < -0.3 is 10.1 Å². The Labute approximate surface area is 153 Å². The smallest absolute Gasteiger partial charge is 0.321 e. The van der Waals surface area contributed by atoms with E-state index < -0.39 is 17.6 Å². The van der Waals surface area contributed by atoms with Crippen molar-refractivity contribution in [1.29, 1.82) is 0 Å². The van der Waals surface area contributed by atoms with Crippen molar-refractivity contribution in [3.05, 3.63) is 34.9 Å². The molecule has 7 heteroatoms. The van der Waals surface area contributed by atoms with Gasteiger partial charge in [-0.15, -0.1) is 0 Å². The summed E-state index contributed by atoms with van der Waals surface area (Å²) in [4.78, 5) is 26.2. The van der Waals surface area contributed by atoms with Gasteiger partial charge in [-0.2, -0.15) is 0 Å². The fourth-order valence-electron chi connectivity index (χ4n) is 2.65. The van der Waals surface area contributed by atoms with E-state index in [0.717, 1.165) is 5.56 Å². The number of nitrogens with one attached hydrogen (secondary N) is 2. The normalized spacial score (nSPS) is 20.0. The molecule has 2 atom stereocenters. The molecule has 1 aliphatic heterocycles. The molecule has 2 unspecified atom stereocenters. The van der Waals surface area contributed by atoms with Crippen LogP contribution in [-0.2, 0) is 9.53 Å². The Balaban J connectivity index is 1.94. The first-order chi connectivity index (χ1) is 11.7. The van der Waals surface area contributed by atoms with Crippen LogP contribution in [0.25, 0.3) is 0 Å². The number of halogens is 1. The second-order valence-electron chi connectivity index (χ2n) is 7.28. The van der Waals surface area contributed by atoms with E-state index in [1.807, 2.05) is 49.9 Å². The van der Waals surface area contributed by atoms with Crippen LogP contribution < -0.4 is 10.6 Å². The Bertz CT molecular complexity index is 613. The molecule has 0 spiro atoms. The number of carbonyl (C=O) groups excluding carboxylic acids is 2. The highest BCUT2D eigenvalue weighted by Crippen LogP contribution is 2.24. The molecule has 0 radical (unpaired) electrons. The van der Waals surface area contributed by atoms with Crippen molar-refractivity contribution in [2.24, 2.45) is 0 Å². The molecule has 2 N–H and O–H groups in total. The van der Waals surface area contributed by atoms with Crippen molar-refractivity contribution in [2.75, 3.05) is 19.7 Å². The predicted molar refractivity (Wildman–Crippen MR) is 97.6 cm³/mol. The lowest BCUT2D eigenvalue weighted by Crippen LogP contribution is -2.55. The van der Waals surface area contributed by atoms with E-state index in [1.54, 1.807) is 6.92 Å². The molecule has 0 saturated carbocycles. The van der Waals surface area contributed by atoms with Gasteiger partial charge in [-0.25, -0.2) is 4.79 Å². The summed E-state index contributed by atoms with van der Waals surface area (Å²) in [6.07, 6.45) is -0.121. The lowest BCUT2D eigenvalue weighted by atomic mass is 10.1. The number of benzene rings is 1. The molecule has 1 saturated heterocycles. The summed E-state index contributed by atoms with van der Waals surface area (Å²) in [5.41, 5.74) is 0.624. The van der Waals surface area contributed by atoms with Crippen molar-refractivity contribution in [2.45, 2.75) is 45.4 Å². The Morgan fingerprint density at radius 3 is 2.52 bits per heavy atom. The quantitative estimate of drug-likeness (QED) is 0.861. The molecule has 0 bridgehead atoms. The molecule has 6 nitrogen and oxygen atoms in total. The Hall–Kier alpha value is -1.63. The summed E-state index contributed by atoms with van der Waals surface area (Å²) in [5, 5.41) is 5.80. The van der Waals surface area contributed by atoms with Gasteiger partial charge in [0.25, 0.3) is 0 Å². The van der Waals surface area contributed by atoms with Crippen molar-refractivity contribution in [3.8, 4) is 0 Å². The number of hydrogen-bond acceptors (Lipinski definition) is 4. The standard InChI is InChI=1S/C18H26ClN3O3/c1-12(16(23)20-17(24)21-18(2,3)4)22-9-10-25-15(11-22)13-5-7-14(19)8-6-13/h5-8,12,15H,9-11H2,1-4H3,(H2,20,21,23,24). The van der Waals surface area contributed by atoms with Crippen LogP contribution >= 0.6 is 11.6 Å². The number of imide groups is 1. The molecule has 3 amide bonds. The van der Waals surface area contributed by atoms with Crippen molar-refractivity contribution in [1.82, 2.24) is 15.5 Å². The second kappa shape index (κ2) is 8.17. The number of ether oxygens (including phenoxy) is 1.